The number of aromatic nitrogens is 2. The van der Waals surface area contributed by atoms with E-state index in [4.69, 9.17) is 0 Å². The van der Waals surface area contributed by atoms with Gasteiger partial charge in [0.05, 0.1) is 16.6 Å². The number of aromatic carboxylic acids is 1. The van der Waals surface area contributed by atoms with Crippen LogP contribution in [0.5, 0.6) is 0 Å². The normalized spacial score (nSPS) is 12.3. The minimum absolute atomic E-state index is 0.121. The molecule has 1 aromatic heterocycles. The lowest BCUT2D eigenvalue weighted by atomic mass is 9.95. The van der Waals surface area contributed by atoms with E-state index in [1.165, 1.54) is 0 Å². The van der Waals surface area contributed by atoms with E-state index in [-0.39, 0.29) is 5.41 Å². The molecule has 2 rings (SSSR count). The molecule has 0 unspecified atom stereocenters. The number of benzene rings is 1. The maximum absolute atomic E-state index is 11.5. The molecule has 0 radical (unpaired) electrons. The summed E-state index contributed by atoms with van der Waals surface area (Å²) >= 11 is 0. The maximum atomic E-state index is 11.5. The van der Waals surface area contributed by atoms with E-state index in [1.807, 2.05) is 6.07 Å². The number of hydrogen-bond donors (Lipinski definition) is 1. The number of nitrogens with zero attached hydrogens (tertiary/aromatic N) is 2. The summed E-state index contributed by atoms with van der Waals surface area (Å²) in [5.41, 5.74) is 1.70. The van der Waals surface area contributed by atoms with Gasteiger partial charge in [0.15, 0.2) is 0 Å². The molecule has 4 heteroatoms. The van der Waals surface area contributed by atoms with Gasteiger partial charge in [-0.3, -0.25) is 0 Å². The van der Waals surface area contributed by atoms with Crippen LogP contribution in [0.2, 0.25) is 0 Å². The number of fused-ring (bicyclic) bond motifs is 1. The molecule has 0 aliphatic rings. The minimum atomic E-state index is -0.902. The van der Waals surface area contributed by atoms with Gasteiger partial charge >= 0.3 is 5.97 Å². The molecule has 0 bridgehead atoms. The molecule has 0 aliphatic heterocycles. The zero-order chi connectivity index (χ0) is 15.1. The third-order valence-corrected chi connectivity index (χ3v) is 3.22. The van der Waals surface area contributed by atoms with Crippen LogP contribution in [0.15, 0.2) is 18.2 Å². The summed E-state index contributed by atoms with van der Waals surface area (Å²) in [7, 11) is 0. The first-order valence-electron chi connectivity index (χ1n) is 6.95. The highest BCUT2D eigenvalue weighted by Gasteiger charge is 2.25. The van der Waals surface area contributed by atoms with Crippen molar-refractivity contribution in [3.63, 3.8) is 0 Å². The second-order valence-corrected chi connectivity index (χ2v) is 6.67. The van der Waals surface area contributed by atoms with E-state index in [1.54, 1.807) is 12.1 Å². The van der Waals surface area contributed by atoms with Crippen LogP contribution in [0.25, 0.3) is 11.0 Å². The van der Waals surface area contributed by atoms with Gasteiger partial charge in [-0.25, -0.2) is 9.78 Å². The van der Waals surface area contributed by atoms with Crippen molar-refractivity contribution in [1.29, 1.82) is 0 Å². The third kappa shape index (κ3) is 2.55. The predicted octanol–water partition coefficient (Wildman–Crippen LogP) is 3.69. The number of hydrogen-bond acceptors (Lipinski definition) is 2. The maximum Gasteiger partial charge on any atom is 0.337 e. The summed E-state index contributed by atoms with van der Waals surface area (Å²) in [6, 6.07) is 5.29. The van der Waals surface area contributed by atoms with E-state index in [9.17, 15) is 9.90 Å². The Bertz CT molecular complexity index is 648. The van der Waals surface area contributed by atoms with Gasteiger partial charge in [0, 0.05) is 12.0 Å². The largest absolute Gasteiger partial charge is 0.478 e. The summed E-state index contributed by atoms with van der Waals surface area (Å²) in [6.45, 7) is 11.3. The van der Waals surface area contributed by atoms with Crippen LogP contribution < -0.4 is 0 Å². The molecule has 0 saturated carbocycles. The van der Waals surface area contributed by atoms with Crippen LogP contribution in [0.1, 0.15) is 50.8 Å². The van der Waals surface area contributed by atoms with Crippen molar-refractivity contribution < 1.29 is 9.90 Å². The lowest BCUT2D eigenvalue weighted by molar-refractivity contribution is 0.0698. The van der Waals surface area contributed by atoms with Crippen molar-refractivity contribution in [2.45, 2.75) is 46.6 Å². The number of carboxylic acids is 1. The number of carboxylic acid groups (broad SMARTS) is 1. The van der Waals surface area contributed by atoms with Gasteiger partial charge in [0.25, 0.3) is 0 Å². The van der Waals surface area contributed by atoms with Crippen molar-refractivity contribution in [2.24, 2.45) is 5.92 Å². The zero-order valence-electron chi connectivity index (χ0n) is 12.8. The highest BCUT2D eigenvalue weighted by Crippen LogP contribution is 2.29. The topological polar surface area (TPSA) is 55.1 Å². The van der Waals surface area contributed by atoms with Gasteiger partial charge in [0.2, 0.25) is 0 Å². The second-order valence-electron chi connectivity index (χ2n) is 6.67. The smallest absolute Gasteiger partial charge is 0.337 e. The van der Waals surface area contributed by atoms with Gasteiger partial charge in [-0.1, -0.05) is 40.7 Å². The second kappa shape index (κ2) is 4.93. The Morgan fingerprint density at radius 3 is 2.50 bits per heavy atom. The molecule has 108 valence electrons. The molecule has 0 atom stereocenters. The van der Waals surface area contributed by atoms with Gasteiger partial charge in [-0.15, -0.1) is 0 Å². The van der Waals surface area contributed by atoms with E-state index >= 15 is 0 Å². The summed E-state index contributed by atoms with van der Waals surface area (Å²) in [4.78, 5) is 16.2. The van der Waals surface area contributed by atoms with E-state index in [0.717, 1.165) is 23.4 Å². The Kier molecular flexibility index (Phi) is 3.59. The highest BCUT2D eigenvalue weighted by molar-refractivity contribution is 6.01. The number of rotatable bonds is 3. The van der Waals surface area contributed by atoms with Crippen molar-refractivity contribution in [3.8, 4) is 0 Å². The molecular formula is C16H22N2O2. The van der Waals surface area contributed by atoms with Gasteiger partial charge in [-0.05, 0) is 18.1 Å². The molecule has 0 saturated heterocycles. The average molecular weight is 274 g/mol. The Hall–Kier alpha value is -1.84. The molecular weight excluding hydrogens is 252 g/mol. The van der Waals surface area contributed by atoms with Crippen molar-refractivity contribution in [3.05, 3.63) is 29.6 Å². The predicted molar refractivity (Wildman–Crippen MR) is 80.2 cm³/mol. The molecule has 4 nitrogen and oxygen atoms in total. The summed E-state index contributed by atoms with van der Waals surface area (Å²) in [6.07, 6.45) is 0. The summed E-state index contributed by atoms with van der Waals surface area (Å²) < 4.78 is 2.07. The SMILES string of the molecule is CC(C)Cn1c(C(C)(C)C)nc2cccc(C(=O)O)c21. The Morgan fingerprint density at radius 1 is 1.35 bits per heavy atom. The number of para-hydroxylation sites is 1. The van der Waals surface area contributed by atoms with E-state index < -0.39 is 5.97 Å². The fourth-order valence-corrected chi connectivity index (χ4v) is 2.47. The Morgan fingerprint density at radius 2 is 2.00 bits per heavy atom. The quantitative estimate of drug-likeness (QED) is 0.928. The van der Waals surface area contributed by atoms with E-state index in [0.29, 0.717) is 11.5 Å². The molecule has 1 N–H and O–H groups in total. The lowest BCUT2D eigenvalue weighted by Crippen LogP contribution is -2.21. The summed E-state index contributed by atoms with van der Waals surface area (Å²) in [5.74, 6) is 0.464. The highest BCUT2D eigenvalue weighted by atomic mass is 16.4. The number of carbonyl (C=O) groups is 1. The molecule has 1 aromatic carbocycles. The molecule has 1 heterocycles. The number of imidazole rings is 1. The van der Waals surface area contributed by atoms with Crippen molar-refractivity contribution in [2.75, 3.05) is 0 Å². The van der Waals surface area contributed by atoms with Gasteiger partial charge in [-0.2, -0.15) is 0 Å². The average Bonchev–Trinajstić information content (AvgIpc) is 2.67. The van der Waals surface area contributed by atoms with Crippen molar-refractivity contribution >= 4 is 17.0 Å². The molecule has 0 aliphatic carbocycles. The third-order valence-electron chi connectivity index (χ3n) is 3.22. The van der Waals surface area contributed by atoms with Crippen LogP contribution in [-0.4, -0.2) is 20.6 Å². The van der Waals surface area contributed by atoms with Crippen LogP contribution >= 0.6 is 0 Å². The van der Waals surface area contributed by atoms with Gasteiger partial charge < -0.3 is 9.67 Å². The van der Waals surface area contributed by atoms with Crippen molar-refractivity contribution in [1.82, 2.24) is 9.55 Å². The molecule has 0 amide bonds. The van der Waals surface area contributed by atoms with E-state index in [2.05, 4.69) is 44.2 Å². The Labute approximate surface area is 119 Å². The first kappa shape index (κ1) is 14.6. The van der Waals surface area contributed by atoms with Crippen LogP contribution in [0.4, 0.5) is 0 Å². The zero-order valence-corrected chi connectivity index (χ0v) is 12.8. The standard InChI is InChI=1S/C16H22N2O2/c1-10(2)9-18-13-11(14(19)20)7-6-8-12(13)17-15(18)16(3,4)5/h6-8,10H,9H2,1-5H3,(H,19,20). The first-order chi connectivity index (χ1) is 9.21. The first-order valence-corrected chi connectivity index (χ1v) is 6.95. The van der Waals surface area contributed by atoms with Gasteiger partial charge in [0.1, 0.15) is 5.82 Å². The molecule has 0 fully saturated rings. The van der Waals surface area contributed by atoms with Crippen LogP contribution in [0.3, 0.4) is 0 Å². The minimum Gasteiger partial charge on any atom is -0.478 e. The monoisotopic (exact) mass is 274 g/mol. The fraction of sp³-hybridized carbons (Fsp3) is 0.500. The molecule has 2 aromatic rings. The lowest BCUT2D eigenvalue weighted by Gasteiger charge is -2.21. The molecule has 20 heavy (non-hydrogen) atoms. The Balaban J connectivity index is 2.82. The van der Waals surface area contributed by atoms with Crippen LogP contribution in [-0.2, 0) is 12.0 Å². The van der Waals surface area contributed by atoms with Crippen LogP contribution in [0, 0.1) is 5.92 Å². The summed E-state index contributed by atoms with van der Waals surface area (Å²) in [5, 5.41) is 9.41. The molecule has 0 spiro atoms. The fourth-order valence-electron chi connectivity index (χ4n) is 2.47.